The lowest BCUT2D eigenvalue weighted by atomic mass is 10.4. The number of hydrogen-bond donors (Lipinski definition) is 2. The molecule has 48 valence electrons. The van der Waals surface area contributed by atoms with Crippen molar-refractivity contribution in [1.82, 2.24) is 0 Å². The molecule has 2 unspecified atom stereocenters. The molecule has 0 radical (unpaired) electrons. The standard InChI is InChI=1S/C4H9O2PS/c1-2-3-4(8)7(5)6/h4H,2-3H2,1H3,(H-,5,6,8)/p+1. The van der Waals surface area contributed by atoms with Crippen molar-refractivity contribution in [2.45, 2.75) is 24.8 Å². The third kappa shape index (κ3) is 3.42. The van der Waals surface area contributed by atoms with Gasteiger partial charge >= 0.3 is 8.03 Å². The van der Waals surface area contributed by atoms with E-state index in [-0.39, 0.29) is 4.99 Å². The molecule has 0 aliphatic heterocycles. The summed E-state index contributed by atoms with van der Waals surface area (Å²) in [6.07, 6.45) is 1.63. The summed E-state index contributed by atoms with van der Waals surface area (Å²) in [6, 6.07) is 0. The maximum absolute atomic E-state index is 10.2. The first kappa shape index (κ1) is 8.41. The molecule has 8 heavy (non-hydrogen) atoms. The van der Waals surface area contributed by atoms with E-state index in [1.54, 1.807) is 0 Å². The topological polar surface area (TPSA) is 37.3 Å². The summed E-state index contributed by atoms with van der Waals surface area (Å²) in [4.78, 5) is 8.06. The van der Waals surface area contributed by atoms with Gasteiger partial charge in [0, 0.05) is 6.42 Å². The quantitative estimate of drug-likeness (QED) is 0.479. The minimum Gasteiger partial charge on any atom is -0.160 e. The van der Waals surface area contributed by atoms with E-state index >= 15 is 0 Å². The second kappa shape index (κ2) is 4.30. The molecule has 4 heteroatoms. The van der Waals surface area contributed by atoms with E-state index in [9.17, 15) is 4.57 Å². The molecule has 2 atom stereocenters. The average Bonchev–Trinajstić information content (AvgIpc) is 1.67. The van der Waals surface area contributed by atoms with Crippen molar-refractivity contribution in [1.29, 1.82) is 0 Å². The SMILES string of the molecule is CCCC(S)[P+](=O)O. The van der Waals surface area contributed by atoms with Gasteiger partial charge in [-0.15, -0.1) is 12.6 Å². The van der Waals surface area contributed by atoms with Crippen molar-refractivity contribution in [2.75, 3.05) is 0 Å². The molecule has 0 bridgehead atoms. The highest BCUT2D eigenvalue weighted by Gasteiger charge is 2.22. The van der Waals surface area contributed by atoms with E-state index in [0.717, 1.165) is 12.8 Å². The highest BCUT2D eigenvalue weighted by Crippen LogP contribution is 2.28. The van der Waals surface area contributed by atoms with Crippen LogP contribution in [0.25, 0.3) is 0 Å². The van der Waals surface area contributed by atoms with E-state index < -0.39 is 8.03 Å². The lowest BCUT2D eigenvalue weighted by molar-refractivity contribution is 0.497. The second-order valence-corrected chi connectivity index (χ2v) is 3.83. The zero-order valence-electron chi connectivity index (χ0n) is 4.74. The highest BCUT2D eigenvalue weighted by molar-refractivity contribution is 7.87. The molecule has 0 aliphatic rings. The fourth-order valence-corrected chi connectivity index (χ4v) is 1.11. The highest BCUT2D eigenvalue weighted by atomic mass is 32.1. The van der Waals surface area contributed by atoms with Gasteiger partial charge in [-0.1, -0.05) is 13.3 Å². The van der Waals surface area contributed by atoms with Crippen molar-refractivity contribution < 1.29 is 9.46 Å². The van der Waals surface area contributed by atoms with Gasteiger partial charge in [-0.2, -0.15) is 4.89 Å². The molecule has 2 nitrogen and oxygen atoms in total. The Kier molecular flexibility index (Phi) is 4.53. The van der Waals surface area contributed by atoms with Crippen LogP contribution in [-0.4, -0.2) is 9.88 Å². The number of rotatable bonds is 3. The minimum atomic E-state index is -2.05. The molecule has 0 heterocycles. The molecular formula is C4H10O2PS+. The van der Waals surface area contributed by atoms with Crippen LogP contribution in [0.2, 0.25) is 0 Å². The van der Waals surface area contributed by atoms with Crippen molar-refractivity contribution in [3.8, 4) is 0 Å². The predicted molar refractivity (Wildman–Crippen MR) is 37.5 cm³/mol. The van der Waals surface area contributed by atoms with Crippen LogP contribution in [0.4, 0.5) is 0 Å². The summed E-state index contributed by atoms with van der Waals surface area (Å²) < 4.78 is 10.2. The summed E-state index contributed by atoms with van der Waals surface area (Å²) >= 11 is 3.87. The molecule has 0 fully saturated rings. The molecule has 0 saturated heterocycles. The molecule has 0 aromatic carbocycles. The molecule has 0 spiro atoms. The Balaban J connectivity index is 3.32. The van der Waals surface area contributed by atoms with Crippen molar-refractivity contribution in [3.63, 3.8) is 0 Å². The van der Waals surface area contributed by atoms with Crippen LogP contribution in [0.5, 0.6) is 0 Å². The zero-order valence-corrected chi connectivity index (χ0v) is 6.53. The van der Waals surface area contributed by atoms with Crippen LogP contribution >= 0.6 is 20.7 Å². The van der Waals surface area contributed by atoms with Gasteiger partial charge in [0.1, 0.15) is 0 Å². The summed E-state index contributed by atoms with van der Waals surface area (Å²) in [6.45, 7) is 1.96. The smallest absolute Gasteiger partial charge is 0.160 e. The van der Waals surface area contributed by atoms with Gasteiger partial charge in [-0.3, -0.25) is 0 Å². The third-order valence-electron chi connectivity index (χ3n) is 0.802. The Morgan fingerprint density at radius 1 is 1.88 bits per heavy atom. The van der Waals surface area contributed by atoms with Gasteiger partial charge < -0.3 is 0 Å². The van der Waals surface area contributed by atoms with Gasteiger partial charge in [0.05, 0.1) is 0 Å². The second-order valence-electron chi connectivity index (χ2n) is 1.57. The predicted octanol–water partition coefficient (Wildman–Crippen LogP) is 1.78. The van der Waals surface area contributed by atoms with E-state index in [4.69, 9.17) is 4.89 Å². The Labute approximate surface area is 55.6 Å². The third-order valence-corrected chi connectivity index (χ3v) is 2.42. The maximum Gasteiger partial charge on any atom is 0.519 e. The van der Waals surface area contributed by atoms with E-state index in [1.807, 2.05) is 6.92 Å². The first-order valence-corrected chi connectivity index (χ1v) is 4.31. The van der Waals surface area contributed by atoms with E-state index in [0.29, 0.717) is 0 Å². The molecule has 1 N–H and O–H groups in total. The lowest BCUT2D eigenvalue weighted by Gasteiger charge is -1.88. The van der Waals surface area contributed by atoms with Gasteiger partial charge in [0.25, 0.3) is 0 Å². The Bertz CT molecular complexity index is 86.1. The van der Waals surface area contributed by atoms with Crippen molar-refractivity contribution in [2.24, 2.45) is 0 Å². The Morgan fingerprint density at radius 3 is 2.50 bits per heavy atom. The summed E-state index contributed by atoms with van der Waals surface area (Å²) in [7, 11) is -2.05. The largest absolute Gasteiger partial charge is 0.519 e. The average molecular weight is 153 g/mol. The number of hydrogen-bond acceptors (Lipinski definition) is 2. The van der Waals surface area contributed by atoms with Gasteiger partial charge in [0.2, 0.25) is 4.99 Å². The summed E-state index contributed by atoms with van der Waals surface area (Å²) in [5.41, 5.74) is 0. The minimum absolute atomic E-state index is 0.324. The van der Waals surface area contributed by atoms with E-state index in [1.165, 1.54) is 0 Å². The van der Waals surface area contributed by atoms with Crippen molar-refractivity contribution >= 4 is 20.7 Å². The first-order valence-electron chi connectivity index (χ1n) is 2.51. The molecule has 0 amide bonds. The van der Waals surface area contributed by atoms with Crippen LogP contribution < -0.4 is 0 Å². The molecule has 0 aliphatic carbocycles. The summed E-state index contributed by atoms with van der Waals surface area (Å²) in [5.74, 6) is 0. The van der Waals surface area contributed by atoms with Gasteiger partial charge in [0.15, 0.2) is 0 Å². The van der Waals surface area contributed by atoms with Crippen LogP contribution in [0.3, 0.4) is 0 Å². The fraction of sp³-hybridized carbons (Fsp3) is 1.00. The maximum atomic E-state index is 10.2. The van der Waals surface area contributed by atoms with Crippen LogP contribution in [0.1, 0.15) is 19.8 Å². The Hall–Kier alpha value is 0.410. The zero-order chi connectivity index (χ0) is 6.57. The summed E-state index contributed by atoms with van der Waals surface area (Å²) in [5, 5.41) is 0. The number of thiol groups is 1. The molecule has 0 saturated carbocycles. The van der Waals surface area contributed by atoms with Crippen LogP contribution in [-0.2, 0) is 4.57 Å². The monoisotopic (exact) mass is 153 g/mol. The van der Waals surface area contributed by atoms with Gasteiger partial charge in [-0.25, -0.2) is 0 Å². The lowest BCUT2D eigenvalue weighted by Crippen LogP contribution is -1.88. The normalized spacial score (nSPS) is 15.6. The molecule has 0 rings (SSSR count). The molecule has 0 aromatic rings. The van der Waals surface area contributed by atoms with E-state index in [2.05, 4.69) is 12.6 Å². The van der Waals surface area contributed by atoms with Gasteiger partial charge in [-0.05, 0) is 4.57 Å². The van der Waals surface area contributed by atoms with Crippen LogP contribution in [0.15, 0.2) is 0 Å². The fourth-order valence-electron chi connectivity index (χ4n) is 0.369. The van der Waals surface area contributed by atoms with Crippen LogP contribution in [0, 0.1) is 0 Å². The molecular weight excluding hydrogens is 143 g/mol. The van der Waals surface area contributed by atoms with Crippen molar-refractivity contribution in [3.05, 3.63) is 0 Å². The first-order chi connectivity index (χ1) is 3.68. The molecule has 0 aromatic heterocycles. The Morgan fingerprint density at radius 2 is 2.38 bits per heavy atom.